The van der Waals surface area contributed by atoms with Gasteiger partial charge in [-0.15, -0.1) is 0 Å². The van der Waals surface area contributed by atoms with E-state index in [4.69, 9.17) is 58.1 Å². The second-order valence-corrected chi connectivity index (χ2v) is 8.78. The van der Waals surface area contributed by atoms with E-state index in [1.54, 1.807) is 0 Å². The SMILES string of the molecule is CO[C@H]1O[C@H](CO)[C@@H](OC(=O)[C@@H](N)CCCN)[C@H](OC(=O)[C@@H](N)CCCN)[C@@H]1OC(=O)[C@@H](N)CCCN. The maximum absolute atomic E-state index is 12.8. The van der Waals surface area contributed by atoms with E-state index < -0.39 is 73.3 Å². The number of hydrogen-bond donors (Lipinski definition) is 7. The van der Waals surface area contributed by atoms with Crippen LogP contribution in [0.25, 0.3) is 0 Å². The second-order valence-electron chi connectivity index (χ2n) is 8.78. The van der Waals surface area contributed by atoms with Crippen molar-refractivity contribution in [1.29, 1.82) is 0 Å². The fourth-order valence-corrected chi connectivity index (χ4v) is 3.65. The molecule has 1 aliphatic heterocycles. The highest BCUT2D eigenvalue weighted by Crippen LogP contribution is 2.30. The van der Waals surface area contributed by atoms with Gasteiger partial charge in [0, 0.05) is 7.11 Å². The van der Waals surface area contributed by atoms with Gasteiger partial charge in [0.05, 0.1) is 6.61 Å². The zero-order valence-corrected chi connectivity index (χ0v) is 21.4. The van der Waals surface area contributed by atoms with Crippen molar-refractivity contribution in [2.75, 3.05) is 33.4 Å². The monoisotopic (exact) mass is 536 g/mol. The van der Waals surface area contributed by atoms with Crippen molar-refractivity contribution in [3.05, 3.63) is 0 Å². The quantitative estimate of drug-likeness (QED) is 0.0695. The Kier molecular flexibility index (Phi) is 15.7. The molecule has 15 nitrogen and oxygen atoms in total. The van der Waals surface area contributed by atoms with Crippen molar-refractivity contribution in [1.82, 2.24) is 0 Å². The van der Waals surface area contributed by atoms with Crippen LogP contribution in [0.2, 0.25) is 0 Å². The number of rotatable bonds is 17. The molecule has 1 aliphatic rings. The van der Waals surface area contributed by atoms with Gasteiger partial charge in [0.2, 0.25) is 0 Å². The van der Waals surface area contributed by atoms with E-state index in [2.05, 4.69) is 0 Å². The summed E-state index contributed by atoms with van der Waals surface area (Å²) in [5.74, 6) is -2.56. The molecule has 0 unspecified atom stereocenters. The number of aliphatic hydroxyl groups excluding tert-OH is 1. The lowest BCUT2D eigenvalue weighted by Crippen LogP contribution is -2.64. The van der Waals surface area contributed by atoms with Crippen LogP contribution in [-0.4, -0.2) is 105 Å². The lowest BCUT2D eigenvalue weighted by atomic mass is 9.97. The molecule has 37 heavy (non-hydrogen) atoms. The summed E-state index contributed by atoms with van der Waals surface area (Å²) in [6, 6.07) is -3.14. The van der Waals surface area contributed by atoms with Crippen LogP contribution in [0.1, 0.15) is 38.5 Å². The van der Waals surface area contributed by atoms with Gasteiger partial charge in [-0.2, -0.15) is 0 Å². The van der Waals surface area contributed by atoms with Crippen LogP contribution < -0.4 is 34.4 Å². The van der Waals surface area contributed by atoms with Crippen LogP contribution in [-0.2, 0) is 38.1 Å². The topological polar surface area (TPSA) is 274 Å². The number of carbonyl (C=O) groups excluding carboxylic acids is 3. The molecule has 13 N–H and O–H groups in total. The van der Waals surface area contributed by atoms with Gasteiger partial charge >= 0.3 is 17.9 Å². The molecule has 15 heteroatoms. The zero-order valence-electron chi connectivity index (χ0n) is 21.4. The van der Waals surface area contributed by atoms with E-state index in [0.717, 1.165) is 0 Å². The summed E-state index contributed by atoms with van der Waals surface area (Å²) >= 11 is 0. The molecule has 1 saturated heterocycles. The number of methoxy groups -OCH3 is 1. The van der Waals surface area contributed by atoms with Gasteiger partial charge in [0.1, 0.15) is 24.2 Å². The van der Waals surface area contributed by atoms with Crippen molar-refractivity contribution >= 4 is 17.9 Å². The molecule has 0 spiro atoms. The molecule has 0 amide bonds. The smallest absolute Gasteiger partial charge is 0.323 e. The normalized spacial score (nSPS) is 26.1. The number of nitrogens with two attached hydrogens (primary N) is 6. The van der Waals surface area contributed by atoms with Crippen molar-refractivity contribution in [3.63, 3.8) is 0 Å². The highest BCUT2D eigenvalue weighted by molar-refractivity contribution is 5.77. The molecular formula is C22H44N6O9. The lowest BCUT2D eigenvalue weighted by Gasteiger charge is -2.44. The van der Waals surface area contributed by atoms with Crippen molar-refractivity contribution in [3.8, 4) is 0 Å². The summed E-state index contributed by atoms with van der Waals surface area (Å²) in [6.07, 6.45) is -4.76. The number of carbonyl (C=O) groups is 3. The largest absolute Gasteiger partial charge is 0.454 e. The Balaban J connectivity index is 3.30. The van der Waals surface area contributed by atoms with Crippen LogP contribution >= 0.6 is 0 Å². The molecule has 0 bridgehead atoms. The zero-order chi connectivity index (χ0) is 28.0. The predicted molar refractivity (Wildman–Crippen MR) is 131 cm³/mol. The Hall–Kier alpha value is -1.95. The first kappa shape index (κ1) is 33.1. The summed E-state index contributed by atoms with van der Waals surface area (Å²) in [5.41, 5.74) is 34.2. The number of esters is 3. The van der Waals surface area contributed by atoms with Gasteiger partial charge in [0.25, 0.3) is 0 Å². The standard InChI is InChI=1S/C22H44N6O9/c1-33-22-18(37-21(32)14(28)7-4-10-25)17(36-20(31)13(27)6-3-9-24)16(15(11-29)34-22)35-19(30)12(26)5-2-8-23/h12-18,22,29H,2-11,23-28H2,1H3/t12-,13-,14-,15+,16+,17-,18-,22-/m0/s1. The van der Waals surface area contributed by atoms with Gasteiger partial charge < -0.3 is 63.2 Å². The minimum Gasteiger partial charge on any atom is -0.454 e. The third kappa shape index (κ3) is 10.4. The molecule has 0 radical (unpaired) electrons. The highest BCUT2D eigenvalue weighted by Gasteiger charge is 2.53. The van der Waals surface area contributed by atoms with E-state index >= 15 is 0 Å². The Morgan fingerprint density at radius 1 is 0.730 bits per heavy atom. The molecule has 0 aromatic carbocycles. The fraction of sp³-hybridized carbons (Fsp3) is 0.864. The predicted octanol–water partition coefficient (Wildman–Crippen LogP) is -3.72. The summed E-state index contributed by atoms with van der Waals surface area (Å²) in [7, 11) is 1.26. The maximum atomic E-state index is 12.8. The number of hydrogen-bond acceptors (Lipinski definition) is 15. The molecule has 8 atom stereocenters. The molecule has 0 saturated carbocycles. The molecule has 216 valence electrons. The van der Waals surface area contributed by atoms with Crippen molar-refractivity contribution in [2.45, 2.75) is 87.4 Å². The molecule has 1 rings (SSSR count). The number of aliphatic hydroxyl groups is 1. The Labute approximate surface area is 216 Å². The fourth-order valence-electron chi connectivity index (χ4n) is 3.65. The Morgan fingerprint density at radius 2 is 1.11 bits per heavy atom. The summed E-state index contributed by atoms with van der Waals surface area (Å²) in [6.45, 7) is 0.277. The van der Waals surface area contributed by atoms with E-state index in [1.165, 1.54) is 7.11 Å². The van der Waals surface area contributed by atoms with Crippen molar-refractivity contribution < 1.29 is 43.2 Å². The Bertz CT molecular complexity index is 662. The molecule has 0 aromatic heterocycles. The number of ether oxygens (including phenoxy) is 5. The van der Waals surface area contributed by atoms with Gasteiger partial charge in [0.15, 0.2) is 24.6 Å². The summed E-state index contributed by atoms with van der Waals surface area (Å²) in [5, 5.41) is 9.96. The first-order valence-electron chi connectivity index (χ1n) is 12.4. The summed E-state index contributed by atoms with van der Waals surface area (Å²) < 4.78 is 27.7. The van der Waals surface area contributed by atoms with Crippen LogP contribution in [0, 0.1) is 0 Å². The van der Waals surface area contributed by atoms with E-state index in [0.29, 0.717) is 38.9 Å². The molecule has 1 fully saturated rings. The van der Waals surface area contributed by atoms with E-state index in [9.17, 15) is 19.5 Å². The third-order valence-electron chi connectivity index (χ3n) is 5.83. The van der Waals surface area contributed by atoms with Crippen LogP contribution in [0.4, 0.5) is 0 Å². The molecule has 1 heterocycles. The third-order valence-corrected chi connectivity index (χ3v) is 5.83. The average molecular weight is 537 g/mol. The minimum absolute atomic E-state index is 0.221. The average Bonchev–Trinajstić information content (AvgIpc) is 2.89. The van der Waals surface area contributed by atoms with Gasteiger partial charge in [-0.25, -0.2) is 0 Å². The summed E-state index contributed by atoms with van der Waals surface area (Å²) in [4.78, 5) is 38.3. The van der Waals surface area contributed by atoms with E-state index in [-0.39, 0.29) is 19.3 Å². The maximum Gasteiger partial charge on any atom is 0.323 e. The van der Waals surface area contributed by atoms with Gasteiger partial charge in [-0.3, -0.25) is 14.4 Å². The van der Waals surface area contributed by atoms with Crippen molar-refractivity contribution in [2.24, 2.45) is 34.4 Å². The highest BCUT2D eigenvalue weighted by atomic mass is 16.7. The first-order valence-corrected chi connectivity index (χ1v) is 12.4. The lowest BCUT2D eigenvalue weighted by molar-refractivity contribution is -0.303. The first-order chi connectivity index (χ1) is 17.6. The van der Waals surface area contributed by atoms with E-state index in [1.807, 2.05) is 0 Å². The van der Waals surface area contributed by atoms with Crippen LogP contribution in [0.5, 0.6) is 0 Å². The molecular weight excluding hydrogens is 492 g/mol. The van der Waals surface area contributed by atoms with Crippen LogP contribution in [0.15, 0.2) is 0 Å². The van der Waals surface area contributed by atoms with Gasteiger partial charge in [-0.1, -0.05) is 0 Å². The Morgan fingerprint density at radius 3 is 1.46 bits per heavy atom. The minimum atomic E-state index is -1.47. The van der Waals surface area contributed by atoms with Crippen LogP contribution in [0.3, 0.4) is 0 Å². The molecule has 0 aromatic rings. The van der Waals surface area contributed by atoms with Gasteiger partial charge in [-0.05, 0) is 58.2 Å². The molecule has 0 aliphatic carbocycles. The second kappa shape index (κ2) is 17.5.